The van der Waals surface area contributed by atoms with Gasteiger partial charge in [0.1, 0.15) is 0 Å². The maximum Gasteiger partial charge on any atom is 0.223 e. The minimum absolute atomic E-state index is 0.0634. The largest absolute Gasteiger partial charge is 0.349 e. The zero-order valence-corrected chi connectivity index (χ0v) is 16.2. The standard InChI is InChI=1S/C23H30N2O/c1-17-7-9-21(10-8-17)19(3)24-23(26)22-11-13-25(14-12-22)16-20-6-4-5-18(2)15-20/h4-10,15,19,22H,11-14,16H2,1-3H3,(H,24,26). The van der Waals surface area contributed by atoms with Gasteiger partial charge < -0.3 is 5.32 Å². The third-order valence-electron chi connectivity index (χ3n) is 5.38. The summed E-state index contributed by atoms with van der Waals surface area (Å²) in [5.41, 5.74) is 5.08. The van der Waals surface area contributed by atoms with Crippen molar-refractivity contribution >= 4 is 5.91 Å². The Labute approximate surface area is 157 Å². The van der Waals surface area contributed by atoms with Crippen LogP contribution in [0.25, 0.3) is 0 Å². The van der Waals surface area contributed by atoms with E-state index in [2.05, 4.69) is 79.5 Å². The third kappa shape index (κ3) is 4.95. The fraction of sp³-hybridized carbons (Fsp3) is 0.435. The monoisotopic (exact) mass is 350 g/mol. The quantitative estimate of drug-likeness (QED) is 0.867. The van der Waals surface area contributed by atoms with Crippen LogP contribution in [0.1, 0.15) is 48.1 Å². The van der Waals surface area contributed by atoms with E-state index in [-0.39, 0.29) is 17.9 Å². The highest BCUT2D eigenvalue weighted by Gasteiger charge is 2.26. The van der Waals surface area contributed by atoms with Crippen molar-refractivity contribution in [2.75, 3.05) is 13.1 Å². The van der Waals surface area contributed by atoms with Gasteiger partial charge in [-0.1, -0.05) is 59.7 Å². The molecule has 2 aromatic rings. The number of carbonyl (C=O) groups is 1. The van der Waals surface area contributed by atoms with Gasteiger partial charge >= 0.3 is 0 Å². The number of hydrogen-bond acceptors (Lipinski definition) is 2. The average Bonchev–Trinajstić information content (AvgIpc) is 2.63. The van der Waals surface area contributed by atoms with Crippen molar-refractivity contribution in [3.05, 3.63) is 70.8 Å². The number of aryl methyl sites for hydroxylation is 2. The molecule has 1 atom stereocenters. The number of piperidine rings is 1. The van der Waals surface area contributed by atoms with Crippen LogP contribution < -0.4 is 5.32 Å². The van der Waals surface area contributed by atoms with Gasteiger partial charge in [0.25, 0.3) is 0 Å². The Morgan fingerprint density at radius 3 is 2.42 bits per heavy atom. The van der Waals surface area contributed by atoms with Crippen LogP contribution >= 0.6 is 0 Å². The molecule has 1 fully saturated rings. The summed E-state index contributed by atoms with van der Waals surface area (Å²) >= 11 is 0. The molecule has 3 heteroatoms. The van der Waals surface area contributed by atoms with Crippen LogP contribution in [0.5, 0.6) is 0 Å². The number of carbonyl (C=O) groups excluding carboxylic acids is 1. The normalized spacial score (nSPS) is 17.0. The Morgan fingerprint density at radius 2 is 1.77 bits per heavy atom. The van der Waals surface area contributed by atoms with Crippen LogP contribution in [-0.2, 0) is 11.3 Å². The maximum absolute atomic E-state index is 12.6. The van der Waals surface area contributed by atoms with E-state index in [0.29, 0.717) is 0 Å². The fourth-order valence-electron chi connectivity index (χ4n) is 3.69. The molecule has 1 saturated heterocycles. The van der Waals surface area contributed by atoms with Crippen LogP contribution in [0.15, 0.2) is 48.5 Å². The zero-order chi connectivity index (χ0) is 18.5. The average molecular weight is 351 g/mol. The Bertz CT molecular complexity index is 730. The van der Waals surface area contributed by atoms with E-state index in [0.717, 1.165) is 32.5 Å². The smallest absolute Gasteiger partial charge is 0.223 e. The highest BCUT2D eigenvalue weighted by molar-refractivity contribution is 5.79. The topological polar surface area (TPSA) is 32.3 Å². The summed E-state index contributed by atoms with van der Waals surface area (Å²) in [5, 5.41) is 3.20. The molecule has 1 N–H and O–H groups in total. The lowest BCUT2D eigenvalue weighted by atomic mass is 9.94. The molecule has 0 bridgehead atoms. The second-order valence-corrected chi connectivity index (χ2v) is 7.68. The summed E-state index contributed by atoms with van der Waals surface area (Å²) in [7, 11) is 0. The first kappa shape index (κ1) is 18.7. The molecule has 1 amide bonds. The van der Waals surface area contributed by atoms with Gasteiger partial charge in [-0.2, -0.15) is 0 Å². The van der Waals surface area contributed by atoms with E-state index in [1.54, 1.807) is 0 Å². The lowest BCUT2D eigenvalue weighted by Gasteiger charge is -2.32. The van der Waals surface area contributed by atoms with Crippen LogP contribution in [0.4, 0.5) is 0 Å². The van der Waals surface area contributed by atoms with Crippen molar-refractivity contribution < 1.29 is 4.79 Å². The Balaban J connectivity index is 1.48. The van der Waals surface area contributed by atoms with E-state index in [1.165, 1.54) is 22.3 Å². The molecular formula is C23H30N2O. The van der Waals surface area contributed by atoms with Gasteiger partial charge in [-0.15, -0.1) is 0 Å². The molecule has 0 spiro atoms. The van der Waals surface area contributed by atoms with Crippen molar-refractivity contribution in [1.82, 2.24) is 10.2 Å². The molecule has 0 radical (unpaired) electrons. The van der Waals surface area contributed by atoms with Gasteiger partial charge in [0.2, 0.25) is 5.91 Å². The fourth-order valence-corrected chi connectivity index (χ4v) is 3.69. The second-order valence-electron chi connectivity index (χ2n) is 7.68. The third-order valence-corrected chi connectivity index (χ3v) is 5.38. The molecule has 1 aliphatic rings. The van der Waals surface area contributed by atoms with E-state index in [1.807, 2.05) is 0 Å². The first-order valence-electron chi connectivity index (χ1n) is 9.66. The number of amides is 1. The van der Waals surface area contributed by atoms with Crippen LogP contribution in [0.3, 0.4) is 0 Å². The Kier molecular flexibility index (Phi) is 6.10. The summed E-state index contributed by atoms with van der Waals surface area (Å²) in [6, 6.07) is 17.2. The van der Waals surface area contributed by atoms with Crippen LogP contribution in [0, 0.1) is 19.8 Å². The molecule has 26 heavy (non-hydrogen) atoms. The Morgan fingerprint density at radius 1 is 1.08 bits per heavy atom. The maximum atomic E-state index is 12.6. The summed E-state index contributed by atoms with van der Waals surface area (Å²) < 4.78 is 0. The van der Waals surface area contributed by atoms with E-state index < -0.39 is 0 Å². The highest BCUT2D eigenvalue weighted by atomic mass is 16.1. The summed E-state index contributed by atoms with van der Waals surface area (Å²) in [6.45, 7) is 9.24. The molecule has 1 aliphatic heterocycles. The SMILES string of the molecule is Cc1ccc(C(C)NC(=O)C2CCN(Cc3cccc(C)c3)CC2)cc1. The lowest BCUT2D eigenvalue weighted by Crippen LogP contribution is -2.40. The predicted octanol–water partition coefficient (Wildman–Crippen LogP) is 4.39. The summed E-state index contributed by atoms with van der Waals surface area (Å²) in [5.74, 6) is 0.338. The van der Waals surface area contributed by atoms with Gasteiger partial charge in [-0.25, -0.2) is 0 Å². The number of hydrogen-bond donors (Lipinski definition) is 1. The molecule has 1 heterocycles. The highest BCUT2D eigenvalue weighted by Crippen LogP contribution is 2.21. The summed E-state index contributed by atoms with van der Waals surface area (Å²) in [4.78, 5) is 15.1. The zero-order valence-electron chi connectivity index (χ0n) is 16.2. The van der Waals surface area contributed by atoms with Gasteiger partial charge in [0.15, 0.2) is 0 Å². The van der Waals surface area contributed by atoms with Crippen LogP contribution in [0.2, 0.25) is 0 Å². The first-order chi connectivity index (χ1) is 12.5. The van der Waals surface area contributed by atoms with E-state index in [9.17, 15) is 4.79 Å². The minimum atomic E-state index is 0.0634. The molecule has 138 valence electrons. The van der Waals surface area contributed by atoms with Crippen molar-refractivity contribution in [2.45, 2.75) is 46.2 Å². The molecule has 0 aromatic heterocycles. The number of nitrogens with one attached hydrogen (secondary N) is 1. The minimum Gasteiger partial charge on any atom is -0.349 e. The first-order valence-corrected chi connectivity index (χ1v) is 9.66. The van der Waals surface area contributed by atoms with Gasteiger partial charge in [-0.05, 0) is 57.8 Å². The summed E-state index contributed by atoms with van der Waals surface area (Å²) in [6.07, 6.45) is 1.89. The predicted molar refractivity (Wildman–Crippen MR) is 107 cm³/mol. The number of benzene rings is 2. The lowest BCUT2D eigenvalue weighted by molar-refractivity contribution is -0.127. The van der Waals surface area contributed by atoms with Crippen molar-refractivity contribution in [1.29, 1.82) is 0 Å². The number of likely N-dealkylation sites (tertiary alicyclic amines) is 1. The van der Waals surface area contributed by atoms with E-state index >= 15 is 0 Å². The second kappa shape index (κ2) is 8.50. The molecule has 0 saturated carbocycles. The van der Waals surface area contributed by atoms with E-state index in [4.69, 9.17) is 0 Å². The van der Waals surface area contributed by atoms with Crippen LogP contribution in [-0.4, -0.2) is 23.9 Å². The molecule has 3 rings (SSSR count). The van der Waals surface area contributed by atoms with Gasteiger partial charge in [-0.3, -0.25) is 9.69 Å². The van der Waals surface area contributed by atoms with Gasteiger partial charge in [0, 0.05) is 12.5 Å². The van der Waals surface area contributed by atoms with Crippen molar-refractivity contribution in [2.24, 2.45) is 5.92 Å². The molecule has 1 unspecified atom stereocenters. The molecule has 0 aliphatic carbocycles. The number of rotatable bonds is 5. The van der Waals surface area contributed by atoms with Crippen molar-refractivity contribution in [3.63, 3.8) is 0 Å². The number of nitrogens with zero attached hydrogens (tertiary/aromatic N) is 1. The molecule has 3 nitrogen and oxygen atoms in total. The molecular weight excluding hydrogens is 320 g/mol. The van der Waals surface area contributed by atoms with Crippen molar-refractivity contribution in [3.8, 4) is 0 Å². The van der Waals surface area contributed by atoms with Gasteiger partial charge in [0.05, 0.1) is 6.04 Å². The molecule has 2 aromatic carbocycles. The Hall–Kier alpha value is -2.13.